The van der Waals surface area contributed by atoms with Crippen LogP contribution in [0.5, 0.6) is 0 Å². The molecule has 1 aromatic heterocycles. The molecule has 0 saturated heterocycles. The van der Waals surface area contributed by atoms with Crippen molar-refractivity contribution in [2.24, 2.45) is 5.28 Å². The summed E-state index contributed by atoms with van der Waals surface area (Å²) in [7, 11) is 0. The van der Waals surface area contributed by atoms with Gasteiger partial charge in [-0.15, -0.1) is 0 Å². The quantitative estimate of drug-likeness (QED) is 0.607. The minimum atomic E-state index is -0.843. The lowest BCUT2D eigenvalue weighted by Crippen LogP contribution is -2.07. The number of hydrogen-bond acceptors (Lipinski definition) is 4. The maximum Gasteiger partial charge on any atom is 0.305 e. The highest BCUT2D eigenvalue weighted by Gasteiger charge is 2.10. The second-order valence-corrected chi connectivity index (χ2v) is 3.85. The van der Waals surface area contributed by atoms with Gasteiger partial charge in [0.2, 0.25) is 0 Å². The topological polar surface area (TPSA) is 87.7 Å². The van der Waals surface area contributed by atoms with Crippen molar-refractivity contribution in [3.8, 4) is 0 Å². The molecule has 6 heteroatoms. The van der Waals surface area contributed by atoms with Gasteiger partial charge < -0.3 is 14.5 Å². The minimum Gasteiger partial charge on any atom is -0.481 e. The number of aromatic nitrogens is 1. The predicted molar refractivity (Wildman–Crippen MR) is 64.1 cm³/mol. The van der Waals surface area contributed by atoms with E-state index in [-0.39, 0.29) is 13.0 Å². The molecule has 1 aromatic carbocycles. The highest BCUT2D eigenvalue weighted by atomic mass is 16.6. The zero-order chi connectivity index (χ0) is 13.0. The molecule has 0 amide bonds. The molecule has 2 N–H and O–H groups in total. The van der Waals surface area contributed by atoms with Crippen molar-refractivity contribution in [2.45, 2.75) is 19.6 Å². The van der Waals surface area contributed by atoms with E-state index in [0.717, 1.165) is 16.6 Å². The Labute approximate surface area is 103 Å². The standard InChI is InChI=1S/C12H13N3O3/c13-14-18-8-10-7-9-3-1-2-4-11(9)15(10)6-5-12(16)17/h1-4,7,13H,5-6,8H2,(H,16,17). The highest BCUT2D eigenvalue weighted by Crippen LogP contribution is 2.21. The molecule has 94 valence electrons. The Kier molecular flexibility index (Phi) is 3.57. The molecular formula is C12H13N3O3. The van der Waals surface area contributed by atoms with Crippen LogP contribution in [0.2, 0.25) is 0 Å². The minimum absolute atomic E-state index is 0.0453. The Balaban J connectivity index is 2.36. The number of carboxylic acid groups (broad SMARTS) is 1. The van der Waals surface area contributed by atoms with E-state index in [1.54, 1.807) is 0 Å². The summed E-state index contributed by atoms with van der Waals surface area (Å²) in [6.07, 6.45) is 0.0453. The number of carboxylic acids is 1. The summed E-state index contributed by atoms with van der Waals surface area (Å²) in [5.74, 6) is -0.843. The average molecular weight is 247 g/mol. The summed E-state index contributed by atoms with van der Waals surface area (Å²) in [4.78, 5) is 15.4. The van der Waals surface area contributed by atoms with E-state index in [1.165, 1.54) is 0 Å². The van der Waals surface area contributed by atoms with Gasteiger partial charge in [0.15, 0.2) is 6.61 Å². The van der Waals surface area contributed by atoms with Crippen molar-refractivity contribution in [3.05, 3.63) is 36.0 Å². The summed E-state index contributed by atoms with van der Waals surface area (Å²) >= 11 is 0. The Morgan fingerprint density at radius 2 is 2.22 bits per heavy atom. The molecule has 0 saturated carbocycles. The first-order chi connectivity index (χ1) is 8.72. The fraction of sp³-hybridized carbons (Fsp3) is 0.250. The van der Waals surface area contributed by atoms with Crippen LogP contribution in [0, 0.1) is 5.53 Å². The van der Waals surface area contributed by atoms with Crippen LogP contribution < -0.4 is 0 Å². The molecular weight excluding hydrogens is 234 g/mol. The van der Waals surface area contributed by atoms with Crippen molar-refractivity contribution in [2.75, 3.05) is 0 Å². The molecule has 0 unspecified atom stereocenters. The summed E-state index contributed by atoms with van der Waals surface area (Å²) in [6, 6.07) is 9.62. The summed E-state index contributed by atoms with van der Waals surface area (Å²) in [5.41, 5.74) is 8.40. The molecule has 0 atom stereocenters. The molecule has 0 bridgehead atoms. The average Bonchev–Trinajstić information content (AvgIpc) is 2.71. The van der Waals surface area contributed by atoms with Gasteiger partial charge in [0.1, 0.15) is 0 Å². The van der Waals surface area contributed by atoms with Gasteiger partial charge in [-0.2, -0.15) is 5.53 Å². The Morgan fingerprint density at radius 3 is 2.94 bits per heavy atom. The number of carbonyl (C=O) groups is 1. The fourth-order valence-electron chi connectivity index (χ4n) is 1.96. The van der Waals surface area contributed by atoms with Crippen LogP contribution in [0.3, 0.4) is 0 Å². The third-order valence-electron chi connectivity index (χ3n) is 2.72. The summed E-state index contributed by atoms with van der Waals surface area (Å²) < 4.78 is 1.88. The second-order valence-electron chi connectivity index (χ2n) is 3.85. The molecule has 0 radical (unpaired) electrons. The molecule has 2 rings (SSSR count). The number of hydrogen-bond donors (Lipinski definition) is 2. The van der Waals surface area contributed by atoms with E-state index in [1.807, 2.05) is 34.9 Å². The first kappa shape index (κ1) is 12.1. The first-order valence-electron chi connectivity index (χ1n) is 5.50. The number of benzene rings is 1. The van der Waals surface area contributed by atoms with Crippen LogP contribution in [-0.2, 0) is 22.8 Å². The van der Waals surface area contributed by atoms with E-state index < -0.39 is 5.97 Å². The van der Waals surface area contributed by atoms with Gasteiger partial charge in [-0.1, -0.05) is 18.2 Å². The molecule has 18 heavy (non-hydrogen) atoms. The third kappa shape index (κ3) is 2.48. The van der Waals surface area contributed by atoms with E-state index in [0.29, 0.717) is 6.54 Å². The summed E-state index contributed by atoms with van der Waals surface area (Å²) in [6.45, 7) is 0.539. The largest absolute Gasteiger partial charge is 0.481 e. The SMILES string of the molecule is N=NOCc1cc2ccccc2n1CCC(=O)O. The zero-order valence-corrected chi connectivity index (χ0v) is 9.67. The molecule has 6 nitrogen and oxygen atoms in total. The third-order valence-corrected chi connectivity index (χ3v) is 2.72. The molecule has 0 fully saturated rings. The number of nitrogens with zero attached hydrogens (tertiary/aromatic N) is 2. The lowest BCUT2D eigenvalue weighted by Gasteiger charge is -2.08. The zero-order valence-electron chi connectivity index (χ0n) is 9.67. The number of rotatable bonds is 6. The van der Waals surface area contributed by atoms with Crippen molar-refractivity contribution >= 4 is 16.9 Å². The predicted octanol–water partition coefficient (Wildman–Crippen LogP) is 2.58. The van der Waals surface area contributed by atoms with Crippen LogP contribution >= 0.6 is 0 Å². The van der Waals surface area contributed by atoms with Gasteiger partial charge >= 0.3 is 5.97 Å². The molecule has 2 aromatic rings. The monoisotopic (exact) mass is 247 g/mol. The number of aryl methyl sites for hydroxylation is 1. The van der Waals surface area contributed by atoms with Gasteiger partial charge in [0.25, 0.3) is 0 Å². The van der Waals surface area contributed by atoms with Crippen LogP contribution in [0.15, 0.2) is 35.6 Å². The van der Waals surface area contributed by atoms with E-state index >= 15 is 0 Å². The molecule has 1 heterocycles. The fourth-order valence-corrected chi connectivity index (χ4v) is 1.96. The maximum absolute atomic E-state index is 10.7. The molecule has 0 aliphatic carbocycles. The van der Waals surface area contributed by atoms with Gasteiger partial charge in [-0.05, 0) is 17.5 Å². The number of para-hydroxylation sites is 1. The Bertz CT molecular complexity index is 577. The lowest BCUT2D eigenvalue weighted by atomic mass is 10.2. The normalized spacial score (nSPS) is 10.4. The number of aliphatic carboxylic acids is 1. The van der Waals surface area contributed by atoms with E-state index in [9.17, 15) is 4.79 Å². The maximum atomic E-state index is 10.7. The lowest BCUT2D eigenvalue weighted by molar-refractivity contribution is -0.137. The number of fused-ring (bicyclic) bond motifs is 1. The highest BCUT2D eigenvalue weighted by molar-refractivity contribution is 5.81. The Hall–Kier alpha value is -2.37. The molecule has 0 aliphatic heterocycles. The van der Waals surface area contributed by atoms with Gasteiger partial charge in [0.05, 0.1) is 12.1 Å². The number of nitrogens with one attached hydrogen (secondary N) is 1. The molecule has 0 aliphatic rings. The van der Waals surface area contributed by atoms with Gasteiger partial charge in [-0.3, -0.25) is 4.79 Å². The first-order valence-corrected chi connectivity index (χ1v) is 5.50. The van der Waals surface area contributed by atoms with Crippen molar-refractivity contribution in [1.82, 2.24) is 4.57 Å². The van der Waals surface area contributed by atoms with Crippen LogP contribution in [-0.4, -0.2) is 15.6 Å². The van der Waals surface area contributed by atoms with Gasteiger partial charge in [-0.25, -0.2) is 0 Å². The van der Waals surface area contributed by atoms with Crippen molar-refractivity contribution < 1.29 is 14.7 Å². The van der Waals surface area contributed by atoms with Crippen molar-refractivity contribution in [3.63, 3.8) is 0 Å². The van der Waals surface area contributed by atoms with Crippen molar-refractivity contribution in [1.29, 1.82) is 5.53 Å². The van der Waals surface area contributed by atoms with Crippen LogP contribution in [0.1, 0.15) is 12.1 Å². The second kappa shape index (κ2) is 5.31. The van der Waals surface area contributed by atoms with E-state index in [2.05, 4.69) is 5.28 Å². The molecule has 0 spiro atoms. The van der Waals surface area contributed by atoms with Crippen LogP contribution in [0.25, 0.3) is 10.9 Å². The Morgan fingerprint density at radius 1 is 1.44 bits per heavy atom. The van der Waals surface area contributed by atoms with Crippen LogP contribution in [0.4, 0.5) is 0 Å². The van der Waals surface area contributed by atoms with E-state index in [4.69, 9.17) is 15.5 Å². The summed E-state index contributed by atoms with van der Waals surface area (Å²) in [5, 5.41) is 12.6. The smallest absolute Gasteiger partial charge is 0.305 e. The van der Waals surface area contributed by atoms with Gasteiger partial charge in [0, 0.05) is 17.3 Å².